The number of aryl methyl sites for hydroxylation is 1. The summed E-state index contributed by atoms with van der Waals surface area (Å²) in [6, 6.07) is 37.5. The van der Waals surface area contributed by atoms with E-state index in [1.54, 1.807) is 0 Å². The number of fused-ring (bicyclic) bond motifs is 2. The van der Waals surface area contributed by atoms with Gasteiger partial charge in [0.1, 0.15) is 7.05 Å². The van der Waals surface area contributed by atoms with E-state index in [2.05, 4.69) is 88.6 Å². The number of rotatable bonds is 5. The van der Waals surface area contributed by atoms with Crippen LogP contribution in [0, 0.1) is 0 Å². The molecule has 0 amide bonds. The lowest BCUT2D eigenvalue weighted by atomic mass is 10.0. The second-order valence-electron chi connectivity index (χ2n) is 7.81. The summed E-state index contributed by atoms with van der Waals surface area (Å²) in [6.07, 6.45) is 1.99. The SMILES string of the molecule is COS(=O)(=O)[O-].C[n+]1c2ccccc2c(C=NN(c2ccccc2)c2ccccc2)c2ccccc21. The summed E-state index contributed by atoms with van der Waals surface area (Å²) in [5.41, 5.74) is 5.54. The molecule has 0 saturated heterocycles. The smallest absolute Gasteiger partial charge is 0.217 e. The molecule has 0 spiro atoms. The zero-order valence-corrected chi connectivity index (χ0v) is 20.7. The molecule has 0 bridgehead atoms. The minimum absolute atomic E-state index is 0.808. The molecule has 0 N–H and O–H groups in total. The third-order valence-corrected chi connectivity index (χ3v) is 6.03. The van der Waals surface area contributed by atoms with Crippen molar-refractivity contribution in [1.29, 1.82) is 0 Å². The largest absolute Gasteiger partial charge is 0.726 e. The Morgan fingerprint density at radius 3 is 1.56 bits per heavy atom. The Balaban J connectivity index is 0.000000455. The number of hydrogen-bond acceptors (Lipinski definition) is 6. The fraction of sp³-hybridized carbons (Fsp3) is 0.0714. The second kappa shape index (κ2) is 11.1. The van der Waals surface area contributed by atoms with Crippen LogP contribution in [0.25, 0.3) is 21.8 Å². The van der Waals surface area contributed by atoms with Crippen LogP contribution in [0.5, 0.6) is 0 Å². The molecule has 36 heavy (non-hydrogen) atoms. The molecular formula is C28H25N3O4S. The standard InChI is InChI=1S/C27H22N3.CH4O4S/c1-29-26-18-10-8-16-23(26)25(24-17-9-11-19-27(24)29)20-28-30(21-12-4-2-5-13-21)22-14-6-3-7-15-22;1-5-6(2,3)4/h2-20H,1H3;1H3,(H,2,3,4)/q+1;/p-1. The number of anilines is 2. The van der Waals surface area contributed by atoms with Crippen LogP contribution in [-0.4, -0.2) is 26.3 Å². The summed E-state index contributed by atoms with van der Waals surface area (Å²) >= 11 is 0. The monoisotopic (exact) mass is 499 g/mol. The molecule has 8 heteroatoms. The summed E-state index contributed by atoms with van der Waals surface area (Å²) in [6.45, 7) is 0. The average Bonchev–Trinajstić information content (AvgIpc) is 2.92. The Labute approximate surface area is 210 Å². The molecule has 0 saturated carbocycles. The molecule has 1 heterocycles. The van der Waals surface area contributed by atoms with E-state index < -0.39 is 10.4 Å². The van der Waals surface area contributed by atoms with Gasteiger partial charge in [-0.05, 0) is 36.4 Å². The van der Waals surface area contributed by atoms with Gasteiger partial charge in [0.05, 0.1) is 35.5 Å². The zero-order valence-electron chi connectivity index (χ0n) is 19.9. The van der Waals surface area contributed by atoms with Gasteiger partial charge in [0.2, 0.25) is 21.4 Å². The van der Waals surface area contributed by atoms with Gasteiger partial charge in [0.15, 0.2) is 0 Å². The van der Waals surface area contributed by atoms with Gasteiger partial charge in [-0.25, -0.2) is 13.4 Å². The Morgan fingerprint density at radius 1 is 0.750 bits per heavy atom. The summed E-state index contributed by atoms with van der Waals surface area (Å²) in [4.78, 5) is 0. The van der Waals surface area contributed by atoms with E-state index in [0.717, 1.165) is 24.0 Å². The second-order valence-corrected chi connectivity index (χ2v) is 8.96. The average molecular weight is 500 g/mol. The Morgan fingerprint density at radius 2 is 1.14 bits per heavy atom. The van der Waals surface area contributed by atoms with E-state index >= 15 is 0 Å². The molecule has 0 unspecified atom stereocenters. The summed E-state index contributed by atoms with van der Waals surface area (Å²) in [5, 5.41) is 9.31. The maximum atomic E-state index is 9.22. The van der Waals surface area contributed by atoms with Crippen LogP contribution in [0.4, 0.5) is 11.4 Å². The van der Waals surface area contributed by atoms with Gasteiger partial charge in [0, 0.05) is 17.7 Å². The predicted molar refractivity (Wildman–Crippen MR) is 142 cm³/mol. The van der Waals surface area contributed by atoms with Crippen molar-refractivity contribution in [1.82, 2.24) is 0 Å². The number of benzene rings is 4. The molecule has 0 atom stereocenters. The van der Waals surface area contributed by atoms with Crippen molar-refractivity contribution in [3.05, 3.63) is 115 Å². The van der Waals surface area contributed by atoms with E-state index in [-0.39, 0.29) is 0 Å². The van der Waals surface area contributed by atoms with Crippen LogP contribution >= 0.6 is 0 Å². The van der Waals surface area contributed by atoms with Gasteiger partial charge in [0.25, 0.3) is 0 Å². The van der Waals surface area contributed by atoms with Crippen LogP contribution in [-0.2, 0) is 21.6 Å². The zero-order chi connectivity index (χ0) is 25.5. The van der Waals surface area contributed by atoms with Crippen molar-refractivity contribution in [2.75, 3.05) is 12.1 Å². The first-order valence-electron chi connectivity index (χ1n) is 11.1. The number of pyridine rings is 1. The van der Waals surface area contributed by atoms with Crippen molar-refractivity contribution < 1.29 is 21.7 Å². The lowest BCUT2D eigenvalue weighted by Crippen LogP contribution is -2.30. The van der Waals surface area contributed by atoms with Gasteiger partial charge >= 0.3 is 0 Å². The molecule has 5 aromatic rings. The lowest BCUT2D eigenvalue weighted by Gasteiger charge is -2.19. The Bertz CT molecular complexity index is 1510. The molecule has 0 aliphatic carbocycles. The molecule has 182 valence electrons. The van der Waals surface area contributed by atoms with Gasteiger partial charge in [-0.2, -0.15) is 9.67 Å². The van der Waals surface area contributed by atoms with Crippen LogP contribution < -0.4 is 9.58 Å². The number of aromatic nitrogens is 1. The van der Waals surface area contributed by atoms with Crippen molar-refractivity contribution >= 4 is 49.8 Å². The van der Waals surface area contributed by atoms with E-state index in [9.17, 15) is 13.0 Å². The molecule has 0 fully saturated rings. The summed E-state index contributed by atoms with van der Waals surface area (Å²) < 4.78 is 33.3. The van der Waals surface area contributed by atoms with Gasteiger partial charge in [-0.1, -0.05) is 60.7 Å². The third-order valence-electron chi connectivity index (χ3n) is 5.62. The van der Waals surface area contributed by atoms with Crippen molar-refractivity contribution in [2.45, 2.75) is 0 Å². The maximum absolute atomic E-state index is 9.22. The molecule has 1 aromatic heterocycles. The number of hydrazone groups is 1. The van der Waals surface area contributed by atoms with Crippen molar-refractivity contribution in [2.24, 2.45) is 12.1 Å². The highest BCUT2D eigenvalue weighted by atomic mass is 32.3. The van der Waals surface area contributed by atoms with Crippen molar-refractivity contribution in [3.8, 4) is 0 Å². The topological polar surface area (TPSA) is 85.9 Å². The first-order chi connectivity index (χ1) is 17.4. The minimum Gasteiger partial charge on any atom is -0.726 e. The van der Waals surface area contributed by atoms with Gasteiger partial charge in [-0.15, -0.1) is 0 Å². The fourth-order valence-corrected chi connectivity index (χ4v) is 3.94. The normalized spacial score (nSPS) is 11.4. The molecule has 7 nitrogen and oxygen atoms in total. The molecular weight excluding hydrogens is 474 g/mol. The lowest BCUT2D eigenvalue weighted by molar-refractivity contribution is -0.617. The summed E-state index contributed by atoms with van der Waals surface area (Å²) in [5.74, 6) is 0. The first kappa shape index (κ1) is 25.0. The first-order valence-corrected chi connectivity index (χ1v) is 12.5. The third kappa shape index (κ3) is 5.75. The number of hydrogen-bond donors (Lipinski definition) is 0. The highest BCUT2D eigenvalue weighted by Crippen LogP contribution is 2.27. The van der Waals surface area contributed by atoms with E-state index in [1.165, 1.54) is 21.8 Å². The van der Waals surface area contributed by atoms with Crippen LogP contribution in [0.3, 0.4) is 0 Å². The molecule has 5 rings (SSSR count). The van der Waals surface area contributed by atoms with Crippen LogP contribution in [0.15, 0.2) is 114 Å². The van der Waals surface area contributed by atoms with E-state index in [1.807, 2.05) is 47.6 Å². The molecule has 4 aromatic carbocycles. The Hall–Kier alpha value is -4.11. The van der Waals surface area contributed by atoms with Crippen molar-refractivity contribution in [3.63, 3.8) is 0 Å². The predicted octanol–water partition coefficient (Wildman–Crippen LogP) is 5.08. The quantitative estimate of drug-likeness (QED) is 0.0840. The highest BCUT2D eigenvalue weighted by Gasteiger charge is 2.16. The molecule has 0 aliphatic heterocycles. The van der Waals surface area contributed by atoms with Gasteiger partial charge < -0.3 is 4.55 Å². The number of nitrogens with zero attached hydrogens (tertiary/aromatic N) is 3. The summed E-state index contributed by atoms with van der Waals surface area (Å²) in [7, 11) is -1.49. The van der Waals surface area contributed by atoms with Gasteiger partial charge in [-0.3, -0.25) is 4.18 Å². The fourth-order valence-electron chi connectivity index (χ4n) is 3.94. The highest BCUT2D eigenvalue weighted by molar-refractivity contribution is 7.80. The molecule has 0 aliphatic rings. The van der Waals surface area contributed by atoms with E-state index in [0.29, 0.717) is 0 Å². The number of para-hydroxylation sites is 4. The van der Waals surface area contributed by atoms with Crippen LogP contribution in [0.1, 0.15) is 5.56 Å². The molecule has 0 radical (unpaired) electrons. The minimum atomic E-state index is -4.41. The Kier molecular flexibility index (Phi) is 7.70. The maximum Gasteiger partial charge on any atom is 0.217 e. The van der Waals surface area contributed by atoms with E-state index in [4.69, 9.17) is 5.10 Å². The van der Waals surface area contributed by atoms with Crippen LogP contribution in [0.2, 0.25) is 0 Å².